The summed E-state index contributed by atoms with van der Waals surface area (Å²) >= 11 is 7.41. The van der Waals surface area contributed by atoms with Crippen LogP contribution in [0, 0.1) is 11.8 Å². The van der Waals surface area contributed by atoms with Gasteiger partial charge in [0, 0.05) is 23.8 Å². The van der Waals surface area contributed by atoms with E-state index in [-0.39, 0.29) is 30.0 Å². The zero-order chi connectivity index (χ0) is 26.9. The predicted octanol–water partition coefficient (Wildman–Crippen LogP) is 5.44. The summed E-state index contributed by atoms with van der Waals surface area (Å²) in [5.41, 5.74) is 1.76. The van der Waals surface area contributed by atoms with Crippen LogP contribution in [0.3, 0.4) is 0 Å². The smallest absolute Gasteiger partial charge is 0.230 e. The van der Waals surface area contributed by atoms with Gasteiger partial charge in [0.15, 0.2) is 15.0 Å². The fraction of sp³-hybridized carbons (Fsp3) is 0.481. The number of hydrogen-bond acceptors (Lipinski definition) is 8. The summed E-state index contributed by atoms with van der Waals surface area (Å²) in [5, 5.41) is 4.03. The molecule has 1 aliphatic carbocycles. The SMILES string of the molecule is CC(C)[C@H]1c2nc(NC(=O)Cc3ccc(S(=O)(=O)CC4CCCC4)cc3)sc2CN1Cc1ncc(Cl)cn1. The Hall–Kier alpha value is -2.40. The van der Waals surface area contributed by atoms with Crippen molar-refractivity contribution in [2.75, 3.05) is 11.1 Å². The van der Waals surface area contributed by atoms with Gasteiger partial charge in [-0.05, 0) is 42.4 Å². The third-order valence-corrected chi connectivity index (χ3v) is 10.3. The standard InChI is InChI=1S/C27H32ClN5O3S2/c1-17(2)26-25-22(14-33(26)15-23-29-12-20(28)13-30-23)37-27(32-25)31-24(34)11-18-7-9-21(10-8-18)38(35,36)16-19-5-3-4-6-19/h7-10,12-13,17,19,26H,3-6,11,14-16H2,1-2H3,(H,31,32,34)/t26-/m0/s1. The van der Waals surface area contributed by atoms with Crippen molar-refractivity contribution in [3.8, 4) is 0 Å². The van der Waals surface area contributed by atoms with Crippen molar-refractivity contribution in [3.63, 3.8) is 0 Å². The Balaban J connectivity index is 1.20. The largest absolute Gasteiger partial charge is 0.302 e. The average molecular weight is 574 g/mol. The molecule has 2 aliphatic rings. The molecule has 11 heteroatoms. The van der Waals surface area contributed by atoms with E-state index in [1.165, 1.54) is 11.3 Å². The zero-order valence-corrected chi connectivity index (χ0v) is 23.9. The number of nitrogens with zero attached hydrogens (tertiary/aromatic N) is 4. The van der Waals surface area contributed by atoms with Gasteiger partial charge in [-0.15, -0.1) is 11.3 Å². The Labute approximate surface area is 232 Å². The molecule has 0 spiro atoms. The topological polar surface area (TPSA) is 105 Å². The first-order valence-corrected chi connectivity index (χ1v) is 15.8. The summed E-state index contributed by atoms with van der Waals surface area (Å²) in [6, 6.07) is 6.81. The minimum atomic E-state index is -3.30. The first-order chi connectivity index (χ1) is 18.2. The number of fused-ring (bicyclic) bond motifs is 1. The molecule has 1 atom stereocenters. The van der Waals surface area contributed by atoms with Gasteiger partial charge in [0.05, 0.1) is 40.4 Å². The number of halogens is 1. The predicted molar refractivity (Wildman–Crippen MR) is 149 cm³/mol. The third kappa shape index (κ3) is 6.25. The van der Waals surface area contributed by atoms with Crippen LogP contribution in [0.5, 0.6) is 0 Å². The lowest BCUT2D eigenvalue weighted by Crippen LogP contribution is -2.27. The van der Waals surface area contributed by atoms with Crippen LogP contribution in [0.25, 0.3) is 0 Å². The Morgan fingerprint density at radius 3 is 2.50 bits per heavy atom. The normalized spacial score (nSPS) is 18.3. The molecule has 3 heterocycles. The zero-order valence-electron chi connectivity index (χ0n) is 21.6. The highest BCUT2D eigenvalue weighted by atomic mass is 35.5. The van der Waals surface area contributed by atoms with E-state index in [1.807, 2.05) is 0 Å². The molecule has 8 nitrogen and oxygen atoms in total. The van der Waals surface area contributed by atoms with Gasteiger partial charge in [-0.1, -0.05) is 50.4 Å². The fourth-order valence-electron chi connectivity index (χ4n) is 5.46. The van der Waals surface area contributed by atoms with Crippen LogP contribution in [0.4, 0.5) is 5.13 Å². The molecule has 38 heavy (non-hydrogen) atoms. The molecule has 1 saturated carbocycles. The number of carbonyl (C=O) groups excluding carboxylic acids is 1. The highest BCUT2D eigenvalue weighted by molar-refractivity contribution is 7.91. The molecular weight excluding hydrogens is 542 g/mol. The number of carbonyl (C=O) groups is 1. The molecule has 202 valence electrons. The van der Waals surface area contributed by atoms with Crippen molar-refractivity contribution in [1.29, 1.82) is 0 Å². The van der Waals surface area contributed by atoms with Crippen LogP contribution in [0.1, 0.15) is 67.5 Å². The second-order valence-electron chi connectivity index (χ2n) is 10.5. The van der Waals surface area contributed by atoms with E-state index in [2.05, 4.69) is 34.0 Å². The summed E-state index contributed by atoms with van der Waals surface area (Å²) in [5.74, 6) is 1.33. The Morgan fingerprint density at radius 1 is 1.16 bits per heavy atom. The molecule has 0 bridgehead atoms. The molecule has 1 amide bonds. The summed E-state index contributed by atoms with van der Waals surface area (Å²) in [7, 11) is -3.30. The van der Waals surface area contributed by atoms with Crippen molar-refractivity contribution in [2.45, 2.75) is 70.0 Å². The highest BCUT2D eigenvalue weighted by Crippen LogP contribution is 2.42. The number of nitrogens with one attached hydrogen (secondary N) is 1. The lowest BCUT2D eigenvalue weighted by Gasteiger charge is -2.26. The molecule has 0 unspecified atom stereocenters. The molecule has 2 aromatic heterocycles. The van der Waals surface area contributed by atoms with Crippen molar-refractivity contribution in [3.05, 3.63) is 63.6 Å². The lowest BCUT2D eigenvalue weighted by atomic mass is 10.0. The maximum atomic E-state index is 12.8. The van der Waals surface area contributed by atoms with Gasteiger partial charge >= 0.3 is 0 Å². The van der Waals surface area contributed by atoms with Gasteiger partial charge in [-0.25, -0.2) is 23.4 Å². The molecule has 1 aromatic carbocycles. The quantitative estimate of drug-likeness (QED) is 0.363. The van der Waals surface area contributed by atoms with Crippen molar-refractivity contribution < 1.29 is 13.2 Å². The number of anilines is 1. The summed E-state index contributed by atoms with van der Waals surface area (Å²) in [4.78, 5) is 30.0. The highest BCUT2D eigenvalue weighted by Gasteiger charge is 2.36. The van der Waals surface area contributed by atoms with E-state index >= 15 is 0 Å². The first-order valence-electron chi connectivity index (χ1n) is 13.0. The maximum Gasteiger partial charge on any atom is 0.230 e. The van der Waals surface area contributed by atoms with E-state index in [0.29, 0.717) is 39.9 Å². The number of hydrogen-bond donors (Lipinski definition) is 1. The van der Waals surface area contributed by atoms with Crippen LogP contribution in [0.2, 0.25) is 5.02 Å². The Kier molecular flexibility index (Phi) is 8.14. The van der Waals surface area contributed by atoms with Gasteiger partial charge < -0.3 is 5.32 Å². The number of sulfone groups is 1. The van der Waals surface area contributed by atoms with Crippen LogP contribution in [-0.2, 0) is 34.1 Å². The van der Waals surface area contributed by atoms with Crippen molar-refractivity contribution in [2.24, 2.45) is 11.8 Å². The second kappa shape index (κ2) is 11.4. The van der Waals surface area contributed by atoms with Gasteiger partial charge in [-0.3, -0.25) is 9.69 Å². The van der Waals surface area contributed by atoms with Crippen molar-refractivity contribution in [1.82, 2.24) is 19.9 Å². The molecule has 1 aliphatic heterocycles. The number of benzene rings is 1. The van der Waals surface area contributed by atoms with Gasteiger partial charge in [0.2, 0.25) is 5.91 Å². The van der Waals surface area contributed by atoms with E-state index < -0.39 is 9.84 Å². The Bertz CT molecular complexity index is 1390. The van der Waals surface area contributed by atoms with Crippen molar-refractivity contribution >= 4 is 43.8 Å². The molecule has 5 rings (SSSR count). The molecular formula is C27H32ClN5O3S2. The van der Waals surface area contributed by atoms with Crippen LogP contribution in [-0.4, -0.2) is 39.9 Å². The fourth-order valence-corrected chi connectivity index (χ4v) is 8.30. The summed E-state index contributed by atoms with van der Waals surface area (Å²) in [6.45, 7) is 5.63. The number of rotatable bonds is 9. The summed E-state index contributed by atoms with van der Waals surface area (Å²) in [6.07, 6.45) is 7.58. The molecule has 1 N–H and O–H groups in total. The van der Waals surface area contributed by atoms with E-state index in [0.717, 1.165) is 41.8 Å². The minimum Gasteiger partial charge on any atom is -0.302 e. The molecule has 0 radical (unpaired) electrons. The number of thiazole rings is 1. The van der Waals surface area contributed by atoms with E-state index in [9.17, 15) is 13.2 Å². The van der Waals surface area contributed by atoms with Crippen LogP contribution < -0.4 is 5.32 Å². The van der Waals surface area contributed by atoms with E-state index in [1.54, 1.807) is 36.7 Å². The number of aromatic nitrogens is 3. The van der Waals surface area contributed by atoms with Gasteiger partial charge in [-0.2, -0.15) is 0 Å². The first kappa shape index (κ1) is 27.2. The minimum absolute atomic E-state index is 0.102. The van der Waals surface area contributed by atoms with Gasteiger partial charge in [0.25, 0.3) is 0 Å². The van der Waals surface area contributed by atoms with E-state index in [4.69, 9.17) is 16.6 Å². The van der Waals surface area contributed by atoms with Crippen LogP contribution in [0.15, 0.2) is 41.6 Å². The molecule has 0 saturated heterocycles. The third-order valence-electron chi connectivity index (χ3n) is 7.22. The lowest BCUT2D eigenvalue weighted by molar-refractivity contribution is -0.115. The number of amides is 1. The monoisotopic (exact) mass is 573 g/mol. The molecule has 1 fully saturated rings. The second-order valence-corrected chi connectivity index (χ2v) is 14.1. The van der Waals surface area contributed by atoms with Crippen LogP contribution >= 0.6 is 22.9 Å². The maximum absolute atomic E-state index is 12.8. The summed E-state index contributed by atoms with van der Waals surface area (Å²) < 4.78 is 25.5. The average Bonchev–Trinajstić information content (AvgIpc) is 3.57. The Morgan fingerprint density at radius 2 is 1.84 bits per heavy atom. The van der Waals surface area contributed by atoms with Gasteiger partial charge in [0.1, 0.15) is 5.82 Å². The molecule has 3 aromatic rings.